The van der Waals surface area contributed by atoms with Crippen LogP contribution in [0.25, 0.3) is 0 Å². The fraction of sp³-hybridized carbons (Fsp3) is 0.556. The van der Waals surface area contributed by atoms with Crippen LogP contribution in [0.3, 0.4) is 0 Å². The maximum atomic E-state index is 11.9. The lowest BCUT2D eigenvalue weighted by atomic mass is 10.0. The van der Waals surface area contributed by atoms with E-state index in [2.05, 4.69) is 4.98 Å². The Morgan fingerprint density at radius 2 is 2.33 bits per heavy atom. The summed E-state index contributed by atoms with van der Waals surface area (Å²) in [6.07, 6.45) is 3.45. The first kappa shape index (κ1) is 10.4. The Labute approximate surface area is 88.0 Å². The SMILES string of the molecule is Cn1cncc1C(=O)C1CCS(=O)(=O)C1. The Hall–Kier alpha value is -1.17. The van der Waals surface area contributed by atoms with E-state index in [1.807, 2.05) is 0 Å². The molecule has 1 aliphatic heterocycles. The number of hydrogen-bond acceptors (Lipinski definition) is 4. The van der Waals surface area contributed by atoms with E-state index < -0.39 is 9.84 Å². The number of Topliss-reactive ketones (excluding diaryl/α,β-unsaturated/α-hetero) is 1. The Morgan fingerprint density at radius 1 is 1.60 bits per heavy atom. The molecule has 1 aromatic rings. The van der Waals surface area contributed by atoms with Gasteiger partial charge >= 0.3 is 0 Å². The molecular formula is C9H12N2O3S. The molecule has 0 saturated carbocycles. The first-order chi connectivity index (χ1) is 6.99. The molecule has 82 valence electrons. The summed E-state index contributed by atoms with van der Waals surface area (Å²) in [6, 6.07) is 0. The van der Waals surface area contributed by atoms with Crippen LogP contribution in [-0.2, 0) is 16.9 Å². The van der Waals surface area contributed by atoms with E-state index in [0.29, 0.717) is 12.1 Å². The predicted octanol–water partition coefficient (Wildman–Crippen LogP) is 0.0375. The average molecular weight is 228 g/mol. The van der Waals surface area contributed by atoms with E-state index in [4.69, 9.17) is 0 Å². The smallest absolute Gasteiger partial charge is 0.184 e. The van der Waals surface area contributed by atoms with Gasteiger partial charge in [0.1, 0.15) is 5.69 Å². The highest BCUT2D eigenvalue weighted by atomic mass is 32.2. The molecule has 0 N–H and O–H groups in total. The number of aryl methyl sites for hydroxylation is 1. The molecule has 6 heteroatoms. The number of imidazole rings is 1. The summed E-state index contributed by atoms with van der Waals surface area (Å²) in [5.41, 5.74) is 0.483. The Morgan fingerprint density at radius 3 is 2.80 bits per heavy atom. The van der Waals surface area contributed by atoms with Crippen LogP contribution >= 0.6 is 0 Å². The van der Waals surface area contributed by atoms with Crippen LogP contribution in [0.15, 0.2) is 12.5 Å². The van der Waals surface area contributed by atoms with Crippen LogP contribution < -0.4 is 0 Å². The topological polar surface area (TPSA) is 69.0 Å². The zero-order valence-corrected chi connectivity index (χ0v) is 9.20. The average Bonchev–Trinajstić information content (AvgIpc) is 2.71. The third-order valence-corrected chi connectivity index (χ3v) is 4.44. The van der Waals surface area contributed by atoms with Gasteiger partial charge in [-0.05, 0) is 6.42 Å². The molecule has 0 spiro atoms. The third kappa shape index (κ3) is 1.94. The number of hydrogen-bond donors (Lipinski definition) is 0. The van der Waals surface area contributed by atoms with Gasteiger partial charge in [0.05, 0.1) is 24.0 Å². The minimum atomic E-state index is -2.99. The predicted molar refractivity (Wildman–Crippen MR) is 54.3 cm³/mol. The number of ketones is 1. The van der Waals surface area contributed by atoms with Gasteiger partial charge in [0.25, 0.3) is 0 Å². The van der Waals surface area contributed by atoms with Crippen LogP contribution in [0.5, 0.6) is 0 Å². The molecule has 0 amide bonds. The van der Waals surface area contributed by atoms with Crippen molar-refractivity contribution in [3.8, 4) is 0 Å². The van der Waals surface area contributed by atoms with Crippen LogP contribution in [0.1, 0.15) is 16.9 Å². The summed E-state index contributed by atoms with van der Waals surface area (Å²) in [5.74, 6) is -0.389. The maximum absolute atomic E-state index is 11.9. The Bertz CT molecular complexity index is 489. The highest BCUT2D eigenvalue weighted by molar-refractivity contribution is 7.91. The van der Waals surface area contributed by atoms with Gasteiger partial charge in [-0.25, -0.2) is 13.4 Å². The normalized spacial score (nSPS) is 24.2. The van der Waals surface area contributed by atoms with E-state index in [-0.39, 0.29) is 23.2 Å². The van der Waals surface area contributed by atoms with Gasteiger partial charge in [-0.1, -0.05) is 0 Å². The first-order valence-electron chi connectivity index (χ1n) is 4.70. The molecule has 1 unspecified atom stereocenters. The molecule has 0 bridgehead atoms. The second-order valence-corrected chi connectivity index (χ2v) is 6.08. The molecule has 1 aliphatic rings. The monoisotopic (exact) mass is 228 g/mol. The number of carbonyl (C=O) groups excluding carboxylic acids is 1. The maximum Gasteiger partial charge on any atom is 0.184 e. The molecule has 0 radical (unpaired) electrons. The summed E-state index contributed by atoms with van der Waals surface area (Å²) in [5, 5.41) is 0. The molecule has 2 heterocycles. The third-order valence-electron chi connectivity index (χ3n) is 2.67. The van der Waals surface area contributed by atoms with E-state index >= 15 is 0 Å². The lowest BCUT2D eigenvalue weighted by Crippen LogP contribution is -2.18. The summed E-state index contributed by atoms with van der Waals surface area (Å²) in [4.78, 5) is 15.7. The van der Waals surface area contributed by atoms with E-state index in [1.165, 1.54) is 12.5 Å². The largest absolute Gasteiger partial charge is 0.331 e. The van der Waals surface area contributed by atoms with Gasteiger partial charge in [-0.15, -0.1) is 0 Å². The molecule has 1 fully saturated rings. The standard InChI is InChI=1S/C9H12N2O3S/c1-11-6-10-4-8(11)9(12)7-2-3-15(13,14)5-7/h4,6-7H,2-3,5H2,1H3. The van der Waals surface area contributed by atoms with Gasteiger partial charge in [0.2, 0.25) is 0 Å². The van der Waals surface area contributed by atoms with Crippen LogP contribution in [0.4, 0.5) is 0 Å². The molecule has 2 rings (SSSR count). The zero-order chi connectivity index (χ0) is 11.1. The second kappa shape index (κ2) is 3.44. The Kier molecular flexibility index (Phi) is 2.38. The number of sulfone groups is 1. The van der Waals surface area contributed by atoms with Crippen molar-refractivity contribution in [3.05, 3.63) is 18.2 Å². The lowest BCUT2D eigenvalue weighted by Gasteiger charge is -2.06. The summed E-state index contributed by atoms with van der Waals surface area (Å²) in [6.45, 7) is 0. The van der Waals surface area contributed by atoms with Crippen LogP contribution in [0, 0.1) is 5.92 Å². The number of carbonyl (C=O) groups is 1. The first-order valence-corrected chi connectivity index (χ1v) is 6.53. The van der Waals surface area contributed by atoms with E-state index in [1.54, 1.807) is 11.6 Å². The molecule has 5 nitrogen and oxygen atoms in total. The van der Waals surface area contributed by atoms with Crippen molar-refractivity contribution in [1.29, 1.82) is 0 Å². The van der Waals surface area contributed by atoms with Gasteiger partial charge < -0.3 is 4.57 Å². The van der Waals surface area contributed by atoms with Crippen LogP contribution in [0.2, 0.25) is 0 Å². The number of aromatic nitrogens is 2. The minimum absolute atomic E-state index is 0.0169. The molecular weight excluding hydrogens is 216 g/mol. The van der Waals surface area contributed by atoms with Gasteiger partial charge in [0, 0.05) is 13.0 Å². The molecule has 1 atom stereocenters. The van der Waals surface area contributed by atoms with Crippen molar-refractivity contribution < 1.29 is 13.2 Å². The fourth-order valence-electron chi connectivity index (χ4n) is 1.81. The number of nitrogens with zero attached hydrogens (tertiary/aromatic N) is 2. The van der Waals surface area contributed by atoms with Crippen LogP contribution in [-0.4, -0.2) is 35.3 Å². The highest BCUT2D eigenvalue weighted by Gasteiger charge is 2.34. The van der Waals surface area contributed by atoms with Gasteiger partial charge in [-0.2, -0.15) is 0 Å². The summed E-state index contributed by atoms with van der Waals surface area (Å²) < 4.78 is 24.1. The summed E-state index contributed by atoms with van der Waals surface area (Å²) in [7, 11) is -1.27. The number of rotatable bonds is 2. The minimum Gasteiger partial charge on any atom is -0.331 e. The molecule has 1 saturated heterocycles. The van der Waals surface area contributed by atoms with Crippen molar-refractivity contribution in [2.24, 2.45) is 13.0 Å². The van der Waals surface area contributed by atoms with E-state index in [9.17, 15) is 13.2 Å². The van der Waals surface area contributed by atoms with Crippen molar-refractivity contribution in [1.82, 2.24) is 9.55 Å². The van der Waals surface area contributed by atoms with Crippen molar-refractivity contribution >= 4 is 15.6 Å². The summed E-state index contributed by atoms with van der Waals surface area (Å²) >= 11 is 0. The fourth-order valence-corrected chi connectivity index (χ4v) is 3.55. The second-order valence-electron chi connectivity index (χ2n) is 3.85. The Balaban J connectivity index is 2.21. The zero-order valence-electron chi connectivity index (χ0n) is 8.38. The highest BCUT2D eigenvalue weighted by Crippen LogP contribution is 2.22. The van der Waals surface area contributed by atoms with E-state index in [0.717, 1.165) is 0 Å². The van der Waals surface area contributed by atoms with Crippen molar-refractivity contribution in [2.75, 3.05) is 11.5 Å². The molecule has 0 aliphatic carbocycles. The molecule has 1 aromatic heterocycles. The van der Waals surface area contributed by atoms with Crippen molar-refractivity contribution in [2.45, 2.75) is 6.42 Å². The van der Waals surface area contributed by atoms with Gasteiger partial charge in [-0.3, -0.25) is 4.79 Å². The molecule has 15 heavy (non-hydrogen) atoms. The van der Waals surface area contributed by atoms with Gasteiger partial charge in [0.15, 0.2) is 15.6 Å². The van der Waals surface area contributed by atoms with Crippen molar-refractivity contribution in [3.63, 3.8) is 0 Å². The quantitative estimate of drug-likeness (QED) is 0.670. The lowest BCUT2D eigenvalue weighted by molar-refractivity contribution is 0.0925. The molecule has 0 aromatic carbocycles.